The number of furan rings is 1. The predicted molar refractivity (Wildman–Crippen MR) is 78.8 cm³/mol. The van der Waals surface area contributed by atoms with E-state index in [1.54, 1.807) is 18.0 Å². The van der Waals surface area contributed by atoms with Crippen LogP contribution in [0.15, 0.2) is 28.7 Å². The van der Waals surface area contributed by atoms with Crippen molar-refractivity contribution in [3.05, 3.63) is 35.6 Å². The number of nitrogens with zero attached hydrogens (tertiary/aromatic N) is 1. The lowest BCUT2D eigenvalue weighted by Gasteiger charge is -2.15. The van der Waals surface area contributed by atoms with Crippen LogP contribution in [0.25, 0.3) is 11.0 Å². The van der Waals surface area contributed by atoms with Crippen LogP contribution >= 0.6 is 0 Å². The molecular weight excluding hydrogens is 254 g/mol. The third-order valence-corrected chi connectivity index (χ3v) is 3.38. The molecule has 4 nitrogen and oxygen atoms in total. The van der Waals surface area contributed by atoms with Crippen LogP contribution in [-0.4, -0.2) is 36.1 Å². The molecule has 108 valence electrons. The van der Waals surface area contributed by atoms with Crippen molar-refractivity contribution in [3.63, 3.8) is 0 Å². The van der Waals surface area contributed by atoms with Crippen molar-refractivity contribution in [1.29, 1.82) is 0 Å². The maximum absolute atomic E-state index is 12.2. The van der Waals surface area contributed by atoms with Gasteiger partial charge in [-0.15, -0.1) is 0 Å². The van der Waals surface area contributed by atoms with E-state index in [9.17, 15) is 4.79 Å². The Morgan fingerprint density at radius 1 is 1.25 bits per heavy atom. The number of carbonyl (C=O) groups is 1. The zero-order chi connectivity index (χ0) is 14.5. The Hall–Kier alpha value is -1.81. The van der Waals surface area contributed by atoms with Crippen molar-refractivity contribution >= 4 is 16.9 Å². The smallest absolute Gasteiger partial charge is 0.289 e. The molecule has 0 aliphatic carbocycles. The second kappa shape index (κ2) is 6.57. The Morgan fingerprint density at radius 2 is 2.05 bits per heavy atom. The van der Waals surface area contributed by atoms with Crippen LogP contribution in [-0.2, 0) is 0 Å². The van der Waals surface area contributed by atoms with Gasteiger partial charge in [-0.05, 0) is 44.4 Å². The van der Waals surface area contributed by atoms with E-state index in [0.29, 0.717) is 12.3 Å². The van der Waals surface area contributed by atoms with Crippen LogP contribution in [0.5, 0.6) is 0 Å². The second-order valence-electron chi connectivity index (χ2n) is 5.16. The fraction of sp³-hybridized carbons (Fsp3) is 0.438. The van der Waals surface area contributed by atoms with Crippen molar-refractivity contribution in [2.24, 2.45) is 0 Å². The maximum atomic E-state index is 12.2. The minimum Gasteiger partial charge on any atom is -0.451 e. The third-order valence-electron chi connectivity index (χ3n) is 3.38. The Bertz CT molecular complexity index is 588. The molecule has 2 aromatic rings. The van der Waals surface area contributed by atoms with E-state index in [4.69, 9.17) is 9.52 Å². The van der Waals surface area contributed by atoms with Gasteiger partial charge >= 0.3 is 0 Å². The molecule has 0 saturated heterocycles. The number of rotatable bonds is 6. The maximum Gasteiger partial charge on any atom is 0.289 e. The molecule has 20 heavy (non-hydrogen) atoms. The molecule has 0 radical (unpaired) electrons. The van der Waals surface area contributed by atoms with E-state index in [1.165, 1.54) is 0 Å². The highest BCUT2D eigenvalue weighted by Gasteiger charge is 2.16. The highest BCUT2D eigenvalue weighted by Crippen LogP contribution is 2.21. The minimum absolute atomic E-state index is 0.0946. The summed E-state index contributed by atoms with van der Waals surface area (Å²) in [6, 6.07) is 7.67. The Balaban J connectivity index is 2.03. The van der Waals surface area contributed by atoms with Crippen LogP contribution < -0.4 is 0 Å². The summed E-state index contributed by atoms with van der Waals surface area (Å²) in [6.07, 6.45) is 2.60. The lowest BCUT2D eigenvalue weighted by atomic mass is 10.2. The van der Waals surface area contributed by atoms with Crippen molar-refractivity contribution in [1.82, 2.24) is 4.90 Å². The van der Waals surface area contributed by atoms with E-state index in [0.717, 1.165) is 35.8 Å². The van der Waals surface area contributed by atoms with Crippen molar-refractivity contribution < 1.29 is 14.3 Å². The monoisotopic (exact) mass is 275 g/mol. The topological polar surface area (TPSA) is 53.7 Å². The normalized spacial score (nSPS) is 10.9. The number of aliphatic hydroxyl groups excluding tert-OH is 1. The first-order valence-corrected chi connectivity index (χ1v) is 6.98. The van der Waals surface area contributed by atoms with Crippen LogP contribution in [0.4, 0.5) is 0 Å². The van der Waals surface area contributed by atoms with Crippen LogP contribution in [0.3, 0.4) is 0 Å². The highest BCUT2D eigenvalue weighted by atomic mass is 16.3. The fourth-order valence-corrected chi connectivity index (χ4v) is 2.20. The number of fused-ring (bicyclic) bond motifs is 1. The summed E-state index contributed by atoms with van der Waals surface area (Å²) in [5, 5.41) is 9.69. The molecule has 1 aromatic heterocycles. The van der Waals surface area contributed by atoms with Gasteiger partial charge in [0.2, 0.25) is 0 Å². The van der Waals surface area contributed by atoms with Gasteiger partial charge in [-0.2, -0.15) is 0 Å². The Labute approximate surface area is 119 Å². The number of amides is 1. The van der Waals surface area contributed by atoms with Gasteiger partial charge in [0.05, 0.1) is 0 Å². The van der Waals surface area contributed by atoms with Crippen molar-refractivity contribution in [3.8, 4) is 0 Å². The lowest BCUT2D eigenvalue weighted by molar-refractivity contribution is 0.0763. The standard InChI is InChI=1S/C16H21NO3/c1-12-6-7-14-13(10-12)11-15(20-14)16(19)17(2)8-4-3-5-9-18/h6-7,10-11,18H,3-5,8-9H2,1-2H3. The van der Waals surface area contributed by atoms with Gasteiger partial charge in [-0.25, -0.2) is 0 Å². The fourth-order valence-electron chi connectivity index (χ4n) is 2.20. The second-order valence-corrected chi connectivity index (χ2v) is 5.16. The Kier molecular flexibility index (Phi) is 4.79. The molecule has 0 atom stereocenters. The van der Waals surface area contributed by atoms with E-state index in [1.807, 2.05) is 25.1 Å². The zero-order valence-corrected chi connectivity index (χ0v) is 12.1. The van der Waals surface area contributed by atoms with Gasteiger partial charge in [-0.1, -0.05) is 11.6 Å². The first-order chi connectivity index (χ1) is 9.61. The molecule has 0 fully saturated rings. The summed E-state index contributed by atoms with van der Waals surface area (Å²) in [6.45, 7) is 2.90. The van der Waals surface area contributed by atoms with E-state index in [-0.39, 0.29) is 12.5 Å². The van der Waals surface area contributed by atoms with Crippen molar-refractivity contribution in [2.45, 2.75) is 26.2 Å². The first kappa shape index (κ1) is 14.6. The zero-order valence-electron chi connectivity index (χ0n) is 12.1. The van der Waals surface area contributed by atoms with Gasteiger partial charge in [0.15, 0.2) is 5.76 Å². The molecule has 0 saturated carbocycles. The summed E-state index contributed by atoms with van der Waals surface area (Å²) in [5.74, 6) is 0.290. The van der Waals surface area contributed by atoms with Gasteiger partial charge in [0, 0.05) is 25.6 Å². The van der Waals surface area contributed by atoms with Crippen LogP contribution in [0, 0.1) is 6.92 Å². The molecule has 0 unspecified atom stereocenters. The van der Waals surface area contributed by atoms with E-state index in [2.05, 4.69) is 0 Å². The molecule has 1 amide bonds. The largest absolute Gasteiger partial charge is 0.451 e. The molecule has 4 heteroatoms. The number of carbonyl (C=O) groups excluding carboxylic acids is 1. The van der Waals surface area contributed by atoms with Crippen molar-refractivity contribution in [2.75, 3.05) is 20.2 Å². The SMILES string of the molecule is Cc1ccc2oc(C(=O)N(C)CCCCCO)cc2c1. The summed E-state index contributed by atoms with van der Waals surface area (Å²) in [7, 11) is 1.78. The number of aliphatic hydroxyl groups is 1. The molecule has 1 aromatic carbocycles. The molecule has 0 aliphatic rings. The first-order valence-electron chi connectivity index (χ1n) is 6.98. The predicted octanol–water partition coefficient (Wildman–Crippen LogP) is 2.98. The molecule has 0 spiro atoms. The molecular formula is C16H21NO3. The number of benzene rings is 1. The molecule has 2 rings (SSSR count). The van der Waals surface area contributed by atoms with Crippen LogP contribution in [0.2, 0.25) is 0 Å². The average Bonchev–Trinajstić information content (AvgIpc) is 2.85. The summed E-state index contributed by atoms with van der Waals surface area (Å²) < 4.78 is 5.60. The summed E-state index contributed by atoms with van der Waals surface area (Å²) in [4.78, 5) is 13.9. The third kappa shape index (κ3) is 3.39. The molecule has 1 N–H and O–H groups in total. The molecule has 0 aliphatic heterocycles. The summed E-state index contributed by atoms with van der Waals surface area (Å²) >= 11 is 0. The molecule has 0 bridgehead atoms. The number of hydrogen-bond donors (Lipinski definition) is 1. The van der Waals surface area contributed by atoms with Gasteiger partial charge in [-0.3, -0.25) is 4.79 Å². The highest BCUT2D eigenvalue weighted by molar-refractivity contribution is 5.96. The number of unbranched alkanes of at least 4 members (excludes halogenated alkanes) is 2. The van der Waals surface area contributed by atoms with Gasteiger partial charge in [0.1, 0.15) is 5.58 Å². The summed E-state index contributed by atoms with van der Waals surface area (Å²) in [5.41, 5.74) is 1.89. The molecule has 1 heterocycles. The number of aryl methyl sites for hydroxylation is 1. The lowest BCUT2D eigenvalue weighted by Crippen LogP contribution is -2.27. The van der Waals surface area contributed by atoms with Gasteiger partial charge < -0.3 is 14.4 Å². The average molecular weight is 275 g/mol. The minimum atomic E-state index is -0.0946. The Morgan fingerprint density at radius 3 is 2.80 bits per heavy atom. The van der Waals surface area contributed by atoms with E-state index < -0.39 is 0 Å². The number of hydrogen-bond acceptors (Lipinski definition) is 3. The quantitative estimate of drug-likeness (QED) is 0.825. The van der Waals surface area contributed by atoms with E-state index >= 15 is 0 Å². The van der Waals surface area contributed by atoms with Gasteiger partial charge in [0.25, 0.3) is 5.91 Å². The van der Waals surface area contributed by atoms with Crippen LogP contribution in [0.1, 0.15) is 35.4 Å².